The summed E-state index contributed by atoms with van der Waals surface area (Å²) in [4.78, 5) is 14.9. The van der Waals surface area contributed by atoms with Gasteiger partial charge in [-0.05, 0) is 51.6 Å². The molecule has 0 bridgehead atoms. The summed E-state index contributed by atoms with van der Waals surface area (Å²) in [6.45, 7) is 0. The molecular weight excluding hydrogens is 597 g/mol. The van der Waals surface area contributed by atoms with E-state index in [9.17, 15) is 0 Å². The van der Waals surface area contributed by atoms with Crippen molar-refractivity contribution in [1.82, 2.24) is 19.5 Å². The zero-order valence-electron chi connectivity index (χ0n) is 30.3. The lowest BCUT2D eigenvalue weighted by Gasteiger charge is -2.11. The molecule has 230 valence electrons. The third-order valence-electron chi connectivity index (χ3n) is 8.83. The van der Waals surface area contributed by atoms with Gasteiger partial charge in [0.2, 0.25) is 5.95 Å². The number of hydrogen-bond acceptors (Lipinski definition) is 3. The fourth-order valence-corrected chi connectivity index (χ4v) is 6.35. The number of para-hydroxylation sites is 1. The van der Waals surface area contributed by atoms with Gasteiger partial charge in [-0.25, -0.2) is 4.98 Å². The highest BCUT2D eigenvalue weighted by Crippen LogP contribution is 2.36. The smallest absolute Gasteiger partial charge is 0.238 e. The molecule has 0 aliphatic carbocycles. The van der Waals surface area contributed by atoms with Crippen LogP contribution in [0.5, 0.6) is 0 Å². The second-order valence-electron chi connectivity index (χ2n) is 11.8. The Hall–Kier alpha value is -6.65. The van der Waals surface area contributed by atoms with Crippen LogP contribution in [0.1, 0.15) is 5.48 Å². The number of rotatable bonds is 6. The fraction of sp³-hybridized carbons (Fsp3) is 0. The van der Waals surface area contributed by atoms with Crippen molar-refractivity contribution in [3.8, 4) is 62.1 Å². The summed E-state index contributed by atoms with van der Waals surface area (Å²) in [5, 5.41) is 1.08. The second-order valence-corrected chi connectivity index (χ2v) is 11.8. The molecule has 0 amide bonds. The molecule has 9 aromatic rings. The maximum Gasteiger partial charge on any atom is 0.238 e. The highest BCUT2D eigenvalue weighted by atomic mass is 15.2. The number of nitrogens with zero attached hydrogens (tertiary/aromatic N) is 4. The van der Waals surface area contributed by atoms with E-state index in [0.717, 1.165) is 44.5 Å². The van der Waals surface area contributed by atoms with Crippen molar-refractivity contribution in [2.75, 3.05) is 0 Å². The summed E-state index contributed by atoms with van der Waals surface area (Å²) in [5.41, 5.74) is 8.86. The van der Waals surface area contributed by atoms with Crippen molar-refractivity contribution < 1.29 is 5.48 Å². The minimum Gasteiger partial charge on any atom is -0.278 e. The maximum absolute atomic E-state index is 9.13. The summed E-state index contributed by atoms with van der Waals surface area (Å²) in [7, 11) is 0. The van der Waals surface area contributed by atoms with Crippen LogP contribution in [0.15, 0.2) is 182 Å². The summed E-state index contributed by atoms with van der Waals surface area (Å²) < 4.78 is 37.2. The third-order valence-corrected chi connectivity index (χ3v) is 8.83. The van der Waals surface area contributed by atoms with Gasteiger partial charge < -0.3 is 0 Å². The predicted molar refractivity (Wildman–Crippen MR) is 201 cm³/mol. The van der Waals surface area contributed by atoms with E-state index in [1.165, 1.54) is 0 Å². The normalized spacial score (nSPS) is 12.4. The third kappa shape index (κ3) is 5.35. The van der Waals surface area contributed by atoms with Crippen LogP contribution in [0, 0.1) is 0 Å². The summed E-state index contributed by atoms with van der Waals surface area (Å²) in [6, 6.07) is 51.5. The molecule has 0 aliphatic rings. The largest absolute Gasteiger partial charge is 0.278 e. The minimum atomic E-state index is -0.322. The Bertz CT molecular complexity index is 2790. The van der Waals surface area contributed by atoms with E-state index in [4.69, 9.17) is 20.4 Å². The first-order valence-corrected chi connectivity index (χ1v) is 16.1. The Morgan fingerprint density at radius 3 is 1.37 bits per heavy atom. The molecule has 4 heteroatoms. The van der Waals surface area contributed by atoms with Crippen molar-refractivity contribution in [1.29, 1.82) is 0 Å². The predicted octanol–water partition coefficient (Wildman–Crippen LogP) is 11.3. The molecular formula is C45H30N4. The molecule has 0 radical (unpaired) electrons. The van der Waals surface area contributed by atoms with Crippen LogP contribution in [0.4, 0.5) is 0 Å². The highest BCUT2D eigenvalue weighted by molar-refractivity contribution is 6.10. The van der Waals surface area contributed by atoms with Crippen LogP contribution < -0.4 is 0 Å². The lowest BCUT2D eigenvalue weighted by Crippen LogP contribution is -2.06. The van der Waals surface area contributed by atoms with E-state index in [-0.39, 0.29) is 30.1 Å². The Kier molecular flexibility index (Phi) is 6.09. The lowest BCUT2D eigenvalue weighted by atomic mass is 9.99. The number of benzene rings is 7. The molecule has 0 atom stereocenters. The van der Waals surface area contributed by atoms with Gasteiger partial charge in [0, 0.05) is 21.9 Å². The van der Waals surface area contributed by atoms with Crippen LogP contribution in [-0.2, 0) is 0 Å². The first-order valence-electron chi connectivity index (χ1n) is 18.1. The zero-order chi connectivity index (χ0) is 36.1. The Morgan fingerprint density at radius 1 is 0.367 bits per heavy atom. The van der Waals surface area contributed by atoms with E-state index >= 15 is 0 Å². The van der Waals surface area contributed by atoms with Gasteiger partial charge in [0.25, 0.3) is 0 Å². The molecule has 0 unspecified atom stereocenters. The molecule has 0 saturated heterocycles. The van der Waals surface area contributed by atoms with Gasteiger partial charge in [-0.3, -0.25) is 4.57 Å². The van der Waals surface area contributed by atoms with Crippen LogP contribution >= 0.6 is 0 Å². The number of aromatic nitrogens is 4. The van der Waals surface area contributed by atoms with Crippen molar-refractivity contribution in [3.05, 3.63) is 182 Å². The van der Waals surface area contributed by atoms with Crippen LogP contribution in [0.3, 0.4) is 0 Å². The van der Waals surface area contributed by atoms with Gasteiger partial charge >= 0.3 is 0 Å². The Morgan fingerprint density at radius 2 is 0.796 bits per heavy atom. The van der Waals surface area contributed by atoms with Crippen LogP contribution in [-0.4, -0.2) is 19.5 Å². The van der Waals surface area contributed by atoms with Crippen LogP contribution in [0.2, 0.25) is 0 Å². The van der Waals surface area contributed by atoms with Gasteiger partial charge in [0.05, 0.1) is 16.5 Å². The van der Waals surface area contributed by atoms with Crippen molar-refractivity contribution in [3.63, 3.8) is 0 Å². The van der Waals surface area contributed by atoms with E-state index in [0.29, 0.717) is 33.5 Å². The molecule has 0 saturated carbocycles. The van der Waals surface area contributed by atoms with Crippen molar-refractivity contribution >= 4 is 21.8 Å². The second kappa shape index (κ2) is 12.2. The van der Waals surface area contributed by atoms with Gasteiger partial charge in [0.1, 0.15) is 0 Å². The molecule has 0 aliphatic heterocycles. The molecule has 0 N–H and O–H groups in total. The van der Waals surface area contributed by atoms with E-state index < -0.39 is 0 Å². The molecule has 9 rings (SSSR count). The Labute approximate surface area is 290 Å². The summed E-state index contributed by atoms with van der Waals surface area (Å²) in [5.74, 6) is 1.15. The molecule has 4 nitrogen and oxygen atoms in total. The molecule has 2 heterocycles. The van der Waals surface area contributed by atoms with E-state index in [2.05, 4.69) is 48.5 Å². The van der Waals surface area contributed by atoms with Gasteiger partial charge in [-0.2, -0.15) is 9.97 Å². The van der Waals surface area contributed by atoms with Gasteiger partial charge in [-0.15, -0.1) is 0 Å². The minimum absolute atomic E-state index is 0.115. The Balaban J connectivity index is 1.26. The number of fused-ring (bicyclic) bond motifs is 3. The first kappa shape index (κ1) is 24.5. The quantitative estimate of drug-likeness (QED) is 0.184. The topological polar surface area (TPSA) is 43.6 Å². The highest BCUT2D eigenvalue weighted by Gasteiger charge is 2.18. The van der Waals surface area contributed by atoms with Crippen molar-refractivity contribution in [2.45, 2.75) is 0 Å². The van der Waals surface area contributed by atoms with E-state index in [1.54, 1.807) is 4.57 Å². The van der Waals surface area contributed by atoms with E-state index in [1.807, 2.05) is 109 Å². The zero-order valence-corrected chi connectivity index (χ0v) is 26.3. The average molecular weight is 631 g/mol. The first-order chi connectivity index (χ1) is 25.9. The van der Waals surface area contributed by atoms with Crippen molar-refractivity contribution in [2.24, 2.45) is 0 Å². The van der Waals surface area contributed by atoms with Gasteiger partial charge in [0.15, 0.2) is 11.6 Å². The average Bonchev–Trinajstić information content (AvgIpc) is 3.58. The maximum atomic E-state index is 9.13. The SMILES string of the molecule is [2H]c1c([2H])c([2H])c2c(c1[2H])c1cc(-c3ccc(-c4ccccc4)cc3)ccc1n2-c1nc(-c2ccccc2)nc(-c2ccc(-c3ccccc3)cc2)n1. The monoisotopic (exact) mass is 630 g/mol. The lowest BCUT2D eigenvalue weighted by molar-refractivity contribution is 0.953. The molecule has 7 aromatic carbocycles. The standard InChI is InChI=1S/C45H30N4/c1-4-12-31(13-5-1)33-20-22-35(23-21-33)38-28-29-42-40(30-38)39-18-10-11-19-41(39)49(42)45-47-43(36-16-8-3-9-17-36)46-44(48-45)37-26-24-34(25-27-37)32-14-6-2-7-15-32/h1-30H/i10D,11D,18D,19D. The van der Waals surface area contributed by atoms with Gasteiger partial charge in [-0.1, -0.05) is 164 Å². The fourth-order valence-electron chi connectivity index (χ4n) is 6.35. The molecule has 0 spiro atoms. The molecule has 0 fully saturated rings. The molecule has 2 aromatic heterocycles. The number of hydrogen-bond donors (Lipinski definition) is 0. The summed E-state index contributed by atoms with van der Waals surface area (Å²) >= 11 is 0. The van der Waals surface area contributed by atoms with Crippen LogP contribution in [0.25, 0.3) is 83.9 Å². The summed E-state index contributed by atoms with van der Waals surface area (Å²) in [6.07, 6.45) is 0. The molecule has 49 heavy (non-hydrogen) atoms.